The van der Waals surface area contributed by atoms with E-state index < -0.39 is 0 Å². The second kappa shape index (κ2) is 6.01. The molecule has 6 atom stereocenters. The Morgan fingerprint density at radius 3 is 1.40 bits per heavy atom. The van der Waals surface area contributed by atoms with Gasteiger partial charge >= 0.3 is 0 Å². The molecule has 0 aliphatic heterocycles. The molecule has 0 bridgehead atoms. The normalized spacial score (nSPS) is 48.0. The third kappa shape index (κ3) is 2.57. The predicted molar refractivity (Wildman–Crippen MR) is 85.6 cm³/mol. The Hall–Kier alpha value is 0. The van der Waals surface area contributed by atoms with Gasteiger partial charge in [-0.3, -0.25) is 0 Å². The average Bonchev–Trinajstić information content (AvgIpc) is 3.09. The summed E-state index contributed by atoms with van der Waals surface area (Å²) >= 11 is 0. The largest absolute Gasteiger partial charge is 0.0530 e. The van der Waals surface area contributed by atoms with Gasteiger partial charge in [0.1, 0.15) is 0 Å². The maximum absolute atomic E-state index is 1.61. The highest BCUT2D eigenvalue weighted by atomic mass is 14.5. The summed E-state index contributed by atoms with van der Waals surface area (Å²) in [5.41, 5.74) is 0. The van der Waals surface area contributed by atoms with Gasteiger partial charge in [0.25, 0.3) is 0 Å². The summed E-state index contributed by atoms with van der Waals surface area (Å²) in [6.07, 6.45) is 22.1. The maximum Gasteiger partial charge on any atom is -0.0357 e. The molecule has 0 radical (unpaired) electrons. The zero-order valence-corrected chi connectivity index (χ0v) is 13.4. The fraction of sp³-hybridized carbons (Fsp3) is 1.00. The van der Waals surface area contributed by atoms with E-state index in [1.165, 1.54) is 0 Å². The summed E-state index contributed by atoms with van der Waals surface area (Å²) in [4.78, 5) is 0. The van der Waals surface area contributed by atoms with Crippen molar-refractivity contribution >= 4 is 0 Å². The lowest BCUT2D eigenvalue weighted by molar-refractivity contribution is 0.187. The molecule has 0 N–H and O–H groups in total. The molecule has 0 heteroatoms. The fourth-order valence-electron chi connectivity index (χ4n) is 6.86. The monoisotopic (exact) mass is 274 g/mol. The zero-order valence-electron chi connectivity index (χ0n) is 13.4. The molecule has 4 saturated carbocycles. The Kier molecular flexibility index (Phi) is 4.10. The van der Waals surface area contributed by atoms with Gasteiger partial charge in [0.05, 0.1) is 0 Å². The van der Waals surface area contributed by atoms with E-state index in [4.69, 9.17) is 0 Å². The van der Waals surface area contributed by atoms with Crippen LogP contribution in [0.5, 0.6) is 0 Å². The van der Waals surface area contributed by atoms with Gasteiger partial charge in [0.15, 0.2) is 0 Å². The van der Waals surface area contributed by atoms with Crippen LogP contribution in [0.15, 0.2) is 0 Å². The topological polar surface area (TPSA) is 0 Å². The highest BCUT2D eigenvalue weighted by Gasteiger charge is 2.40. The van der Waals surface area contributed by atoms with Crippen molar-refractivity contribution in [3.63, 3.8) is 0 Å². The first kappa shape index (κ1) is 13.6. The Balaban J connectivity index is 1.30. The highest BCUT2D eigenvalue weighted by molar-refractivity contribution is 4.91. The molecule has 4 aliphatic rings. The zero-order chi connectivity index (χ0) is 13.4. The Morgan fingerprint density at radius 1 is 0.450 bits per heavy atom. The van der Waals surface area contributed by atoms with Crippen LogP contribution in [0.3, 0.4) is 0 Å². The van der Waals surface area contributed by atoms with Crippen LogP contribution in [-0.2, 0) is 0 Å². The van der Waals surface area contributed by atoms with Crippen molar-refractivity contribution in [1.29, 1.82) is 0 Å². The molecule has 0 nitrogen and oxygen atoms in total. The predicted octanol–water partition coefficient (Wildman–Crippen LogP) is 6.20. The van der Waals surface area contributed by atoms with Crippen LogP contribution in [0.25, 0.3) is 0 Å². The van der Waals surface area contributed by atoms with Gasteiger partial charge in [-0.1, -0.05) is 38.5 Å². The number of fused-ring (bicyclic) bond motifs is 2. The van der Waals surface area contributed by atoms with E-state index in [9.17, 15) is 0 Å². The molecule has 0 amide bonds. The highest BCUT2D eigenvalue weighted by Crippen LogP contribution is 2.51. The minimum atomic E-state index is 1.14. The van der Waals surface area contributed by atoms with Crippen LogP contribution in [0.2, 0.25) is 0 Å². The molecule has 4 aliphatic carbocycles. The molecule has 114 valence electrons. The number of rotatable bonds is 3. The van der Waals surface area contributed by atoms with Crippen molar-refractivity contribution in [3.8, 4) is 0 Å². The van der Waals surface area contributed by atoms with Crippen LogP contribution < -0.4 is 0 Å². The van der Waals surface area contributed by atoms with Gasteiger partial charge in [-0.05, 0) is 86.9 Å². The van der Waals surface area contributed by atoms with Crippen LogP contribution in [0, 0.1) is 35.5 Å². The van der Waals surface area contributed by atoms with Gasteiger partial charge in [-0.2, -0.15) is 0 Å². The minimum absolute atomic E-state index is 1.14. The molecule has 0 heterocycles. The third-order valence-corrected chi connectivity index (χ3v) is 7.87. The molecular weight excluding hydrogens is 240 g/mol. The van der Waals surface area contributed by atoms with Crippen molar-refractivity contribution in [1.82, 2.24) is 0 Å². The Labute approximate surface area is 126 Å². The lowest BCUT2D eigenvalue weighted by Crippen LogP contribution is -2.22. The quantitative estimate of drug-likeness (QED) is 0.575. The first-order valence-corrected chi connectivity index (χ1v) is 9.92. The average molecular weight is 274 g/mol. The first-order chi connectivity index (χ1) is 9.92. The van der Waals surface area contributed by atoms with E-state index in [1.807, 2.05) is 0 Å². The summed E-state index contributed by atoms with van der Waals surface area (Å²) in [6, 6.07) is 0. The van der Waals surface area contributed by atoms with E-state index in [2.05, 4.69) is 0 Å². The Bertz CT molecular complexity index is 288. The standard InChI is InChI=1S/C20H34/c1-3-7-19-15(5-1)9-11-17(19)13-14-18-12-10-16-6-2-4-8-20(16)18/h15-20H,1-14H2/t15?,16?,17-,18-,19?,20?/m0/s1. The third-order valence-electron chi connectivity index (χ3n) is 7.87. The first-order valence-electron chi connectivity index (χ1n) is 9.92. The second-order valence-electron chi connectivity index (χ2n) is 8.67. The molecule has 0 aromatic heterocycles. The molecule has 4 unspecified atom stereocenters. The summed E-state index contributed by atoms with van der Waals surface area (Å²) in [5.74, 6) is 6.91. The van der Waals surface area contributed by atoms with Gasteiger partial charge in [-0.15, -0.1) is 0 Å². The van der Waals surface area contributed by atoms with Crippen LogP contribution >= 0.6 is 0 Å². The van der Waals surface area contributed by atoms with Gasteiger partial charge in [-0.25, -0.2) is 0 Å². The van der Waals surface area contributed by atoms with Crippen molar-refractivity contribution in [3.05, 3.63) is 0 Å². The smallest absolute Gasteiger partial charge is 0.0357 e. The lowest BCUT2D eigenvalue weighted by Gasteiger charge is -2.32. The summed E-state index contributed by atoms with van der Waals surface area (Å²) in [6.45, 7) is 0. The maximum atomic E-state index is 1.61. The lowest BCUT2D eigenvalue weighted by atomic mass is 9.74. The molecular formula is C20H34. The second-order valence-corrected chi connectivity index (χ2v) is 8.67. The van der Waals surface area contributed by atoms with Crippen LogP contribution in [0.1, 0.15) is 89.9 Å². The van der Waals surface area contributed by atoms with Crippen molar-refractivity contribution in [2.24, 2.45) is 35.5 Å². The van der Waals surface area contributed by atoms with Crippen LogP contribution in [0.4, 0.5) is 0 Å². The number of hydrogen-bond acceptors (Lipinski definition) is 0. The van der Waals surface area contributed by atoms with E-state index in [0.717, 1.165) is 35.5 Å². The molecule has 0 saturated heterocycles. The molecule has 4 rings (SSSR count). The van der Waals surface area contributed by atoms with E-state index in [0.29, 0.717) is 0 Å². The summed E-state index contributed by atoms with van der Waals surface area (Å²) in [7, 11) is 0. The van der Waals surface area contributed by atoms with Gasteiger partial charge in [0.2, 0.25) is 0 Å². The SMILES string of the molecule is C1CCC2C(C1)CC[C@H]2CC[C@@H]1CCC2CCCCC21. The summed E-state index contributed by atoms with van der Waals surface area (Å²) < 4.78 is 0. The van der Waals surface area contributed by atoms with Crippen molar-refractivity contribution in [2.75, 3.05) is 0 Å². The van der Waals surface area contributed by atoms with E-state index >= 15 is 0 Å². The molecule has 20 heavy (non-hydrogen) atoms. The molecule has 0 aromatic rings. The fourth-order valence-corrected chi connectivity index (χ4v) is 6.86. The minimum Gasteiger partial charge on any atom is -0.0530 e. The number of hydrogen-bond donors (Lipinski definition) is 0. The van der Waals surface area contributed by atoms with Crippen molar-refractivity contribution < 1.29 is 0 Å². The molecule has 0 spiro atoms. The van der Waals surface area contributed by atoms with Gasteiger partial charge in [0, 0.05) is 0 Å². The Morgan fingerprint density at radius 2 is 0.900 bits per heavy atom. The summed E-state index contributed by atoms with van der Waals surface area (Å²) in [5, 5.41) is 0. The molecule has 4 fully saturated rings. The molecule has 0 aromatic carbocycles. The van der Waals surface area contributed by atoms with E-state index in [1.54, 1.807) is 89.9 Å². The van der Waals surface area contributed by atoms with E-state index in [-0.39, 0.29) is 0 Å². The van der Waals surface area contributed by atoms with Crippen molar-refractivity contribution in [2.45, 2.75) is 89.9 Å². The van der Waals surface area contributed by atoms with Gasteiger partial charge < -0.3 is 0 Å². The van der Waals surface area contributed by atoms with Crippen LogP contribution in [-0.4, -0.2) is 0 Å².